The largest absolute Gasteiger partial charge is 0.496 e. The Balaban J connectivity index is 1.95. The van der Waals surface area contributed by atoms with Crippen LogP contribution in [-0.4, -0.2) is 49.1 Å². The highest BCUT2D eigenvalue weighted by atomic mass is 16.5. The number of carbonyl (C=O) groups is 2. The first-order chi connectivity index (χ1) is 18.1. The first kappa shape index (κ1) is 28.6. The predicted octanol–water partition coefficient (Wildman–Crippen LogP) is 4.95. The minimum Gasteiger partial charge on any atom is -0.496 e. The lowest BCUT2D eigenvalue weighted by Crippen LogP contribution is -2.55. The van der Waals surface area contributed by atoms with Gasteiger partial charge in [-0.2, -0.15) is 0 Å². The Labute approximate surface area is 225 Å². The maximum Gasteiger partial charge on any atom is 0.261 e. The molecule has 1 N–H and O–H groups in total. The molecule has 0 aliphatic rings. The highest BCUT2D eigenvalue weighted by Gasteiger charge is 2.32. The van der Waals surface area contributed by atoms with Crippen molar-refractivity contribution < 1.29 is 23.8 Å². The zero-order chi connectivity index (χ0) is 27.7. The molecule has 0 saturated carbocycles. The van der Waals surface area contributed by atoms with E-state index in [1.165, 1.54) is 0 Å². The number of benzene rings is 3. The maximum atomic E-state index is 13.8. The molecule has 0 saturated heterocycles. The van der Waals surface area contributed by atoms with Crippen LogP contribution < -0.4 is 19.5 Å². The fourth-order valence-electron chi connectivity index (χ4n) is 4.07. The maximum absolute atomic E-state index is 13.8. The lowest BCUT2D eigenvalue weighted by molar-refractivity contribution is -0.143. The van der Waals surface area contributed by atoms with Crippen LogP contribution in [0.5, 0.6) is 17.2 Å². The normalized spacial score (nSPS) is 11.8. The summed E-state index contributed by atoms with van der Waals surface area (Å²) in [6, 6.07) is 22.0. The van der Waals surface area contributed by atoms with Crippen LogP contribution in [0.1, 0.15) is 37.5 Å². The number of aryl methyl sites for hydroxylation is 1. The van der Waals surface area contributed by atoms with E-state index in [4.69, 9.17) is 14.2 Å². The summed E-state index contributed by atoms with van der Waals surface area (Å²) in [5, 5.41) is 3.07. The smallest absolute Gasteiger partial charge is 0.261 e. The summed E-state index contributed by atoms with van der Waals surface area (Å²) in [6.45, 7) is 7.80. The van der Waals surface area contributed by atoms with E-state index < -0.39 is 11.6 Å². The highest BCUT2D eigenvalue weighted by molar-refractivity contribution is 5.89. The molecule has 7 nitrogen and oxygen atoms in total. The predicted molar refractivity (Wildman–Crippen MR) is 149 cm³/mol. The minimum atomic E-state index is -0.743. The third-order valence-corrected chi connectivity index (χ3v) is 6.06. The summed E-state index contributed by atoms with van der Waals surface area (Å²) in [6.07, 6.45) is 0.368. The van der Waals surface area contributed by atoms with Crippen LogP contribution in [-0.2, 0) is 22.6 Å². The van der Waals surface area contributed by atoms with Crippen molar-refractivity contribution in [2.75, 3.05) is 20.8 Å². The average molecular weight is 519 g/mol. The Bertz CT molecular complexity index is 1200. The quantitative estimate of drug-likeness (QED) is 0.389. The Kier molecular flexibility index (Phi) is 9.77. The zero-order valence-electron chi connectivity index (χ0n) is 23.1. The summed E-state index contributed by atoms with van der Waals surface area (Å²) in [4.78, 5) is 29.1. The Morgan fingerprint density at radius 2 is 1.45 bits per heavy atom. The Morgan fingerprint density at radius 3 is 2.03 bits per heavy atom. The molecule has 0 aliphatic heterocycles. The molecular formula is C31H38N2O5. The van der Waals surface area contributed by atoms with Gasteiger partial charge in [0.25, 0.3) is 5.91 Å². The van der Waals surface area contributed by atoms with Gasteiger partial charge in [-0.15, -0.1) is 0 Å². The third-order valence-electron chi connectivity index (χ3n) is 6.06. The lowest BCUT2D eigenvalue weighted by atomic mass is 10.00. The second-order valence-electron chi connectivity index (χ2n) is 10.2. The number of methoxy groups -OCH3 is 2. The van der Waals surface area contributed by atoms with Crippen LogP contribution in [0.4, 0.5) is 0 Å². The second kappa shape index (κ2) is 13.0. The number of nitrogens with zero attached hydrogens (tertiary/aromatic N) is 1. The van der Waals surface area contributed by atoms with Gasteiger partial charge in [-0.3, -0.25) is 9.59 Å². The van der Waals surface area contributed by atoms with Gasteiger partial charge in [0.15, 0.2) is 6.61 Å². The number of nitrogens with one attached hydrogen (secondary N) is 1. The summed E-state index contributed by atoms with van der Waals surface area (Å²) in [5.41, 5.74) is 2.50. The van der Waals surface area contributed by atoms with Crippen LogP contribution >= 0.6 is 0 Å². The van der Waals surface area contributed by atoms with Gasteiger partial charge in [0.1, 0.15) is 23.3 Å². The SMILES string of the molecule is COc1cc(OC)cc(OCC(=O)N(Cc2ccccc2C)[C@@H](Cc2ccccc2)C(=O)NC(C)(C)C)c1. The highest BCUT2D eigenvalue weighted by Crippen LogP contribution is 2.27. The van der Waals surface area contributed by atoms with E-state index in [1.54, 1.807) is 37.3 Å². The fourth-order valence-corrected chi connectivity index (χ4v) is 4.07. The van der Waals surface area contributed by atoms with Crippen LogP contribution in [0.2, 0.25) is 0 Å². The molecule has 3 rings (SSSR count). The van der Waals surface area contributed by atoms with E-state index in [-0.39, 0.29) is 25.0 Å². The van der Waals surface area contributed by atoms with E-state index in [9.17, 15) is 9.59 Å². The van der Waals surface area contributed by atoms with Crippen LogP contribution in [0.3, 0.4) is 0 Å². The molecule has 202 valence electrons. The monoisotopic (exact) mass is 518 g/mol. The van der Waals surface area contributed by atoms with Crippen molar-refractivity contribution in [1.29, 1.82) is 0 Å². The summed E-state index contributed by atoms with van der Waals surface area (Å²) < 4.78 is 16.5. The molecule has 0 radical (unpaired) electrons. The molecule has 0 heterocycles. The molecule has 0 unspecified atom stereocenters. The molecule has 3 aromatic carbocycles. The molecule has 0 fully saturated rings. The van der Waals surface area contributed by atoms with Crippen molar-refractivity contribution in [2.24, 2.45) is 0 Å². The van der Waals surface area contributed by atoms with Crippen molar-refractivity contribution in [2.45, 2.75) is 52.2 Å². The van der Waals surface area contributed by atoms with Gasteiger partial charge in [-0.1, -0.05) is 54.6 Å². The van der Waals surface area contributed by atoms with Crippen molar-refractivity contribution in [1.82, 2.24) is 10.2 Å². The number of rotatable bonds is 11. The van der Waals surface area contributed by atoms with Gasteiger partial charge >= 0.3 is 0 Å². The number of amides is 2. The Morgan fingerprint density at radius 1 is 0.868 bits per heavy atom. The molecule has 0 spiro atoms. The van der Waals surface area contributed by atoms with E-state index >= 15 is 0 Å². The number of hydrogen-bond donors (Lipinski definition) is 1. The average Bonchev–Trinajstić information content (AvgIpc) is 2.89. The molecule has 3 aromatic rings. The van der Waals surface area contributed by atoms with Crippen molar-refractivity contribution in [3.63, 3.8) is 0 Å². The standard InChI is InChI=1S/C31H38N2O5/c1-22-12-10-11-15-24(22)20-33(29(34)21-38-27-18-25(36-5)17-26(19-27)37-6)28(30(35)32-31(2,3)4)16-23-13-8-7-9-14-23/h7-15,17-19,28H,16,20-21H2,1-6H3,(H,32,35)/t28-/m0/s1. The second-order valence-corrected chi connectivity index (χ2v) is 10.2. The van der Waals surface area contributed by atoms with Crippen LogP contribution in [0.25, 0.3) is 0 Å². The van der Waals surface area contributed by atoms with Crippen molar-refractivity contribution >= 4 is 11.8 Å². The summed E-state index contributed by atoms with van der Waals surface area (Å²) in [5.74, 6) is 1.01. The van der Waals surface area contributed by atoms with E-state index in [0.29, 0.717) is 23.7 Å². The lowest BCUT2D eigenvalue weighted by Gasteiger charge is -2.34. The molecule has 2 amide bonds. The first-order valence-electron chi connectivity index (χ1n) is 12.7. The van der Waals surface area contributed by atoms with Gasteiger partial charge in [0.2, 0.25) is 5.91 Å². The van der Waals surface area contributed by atoms with Crippen molar-refractivity contribution in [3.05, 3.63) is 89.5 Å². The van der Waals surface area contributed by atoms with Gasteiger partial charge in [0, 0.05) is 36.7 Å². The summed E-state index contributed by atoms with van der Waals surface area (Å²) >= 11 is 0. The fraction of sp³-hybridized carbons (Fsp3) is 0.355. The summed E-state index contributed by atoms with van der Waals surface area (Å²) in [7, 11) is 3.10. The van der Waals surface area contributed by atoms with E-state index in [0.717, 1.165) is 16.7 Å². The number of carbonyl (C=O) groups excluding carboxylic acids is 2. The van der Waals surface area contributed by atoms with Gasteiger partial charge in [0.05, 0.1) is 14.2 Å². The van der Waals surface area contributed by atoms with Gasteiger partial charge < -0.3 is 24.4 Å². The van der Waals surface area contributed by atoms with Crippen LogP contribution in [0, 0.1) is 6.92 Å². The van der Waals surface area contributed by atoms with Crippen LogP contribution in [0.15, 0.2) is 72.8 Å². The van der Waals surface area contributed by atoms with E-state index in [2.05, 4.69) is 5.32 Å². The minimum absolute atomic E-state index is 0.216. The molecule has 0 aromatic heterocycles. The third kappa shape index (κ3) is 8.26. The molecule has 0 bridgehead atoms. The molecule has 7 heteroatoms. The molecular weight excluding hydrogens is 480 g/mol. The van der Waals surface area contributed by atoms with Gasteiger partial charge in [-0.25, -0.2) is 0 Å². The van der Waals surface area contributed by atoms with Gasteiger partial charge in [-0.05, 0) is 44.4 Å². The van der Waals surface area contributed by atoms with Crippen molar-refractivity contribution in [3.8, 4) is 17.2 Å². The van der Waals surface area contributed by atoms with E-state index in [1.807, 2.05) is 82.3 Å². The molecule has 38 heavy (non-hydrogen) atoms. The number of ether oxygens (including phenoxy) is 3. The molecule has 0 aliphatic carbocycles. The molecule has 1 atom stereocenters. The topological polar surface area (TPSA) is 77.1 Å². The Hall–Kier alpha value is -4.00. The first-order valence-corrected chi connectivity index (χ1v) is 12.7. The number of hydrogen-bond acceptors (Lipinski definition) is 5. The zero-order valence-corrected chi connectivity index (χ0v) is 23.1.